The minimum atomic E-state index is -0.421. The van der Waals surface area contributed by atoms with Crippen molar-refractivity contribution in [1.29, 1.82) is 0 Å². The second-order valence-electron chi connectivity index (χ2n) is 5.73. The van der Waals surface area contributed by atoms with Crippen LogP contribution in [0, 0.1) is 15.5 Å². The molecule has 1 N–H and O–H groups in total. The first-order chi connectivity index (χ1) is 8.75. The van der Waals surface area contributed by atoms with Crippen LogP contribution in [-0.2, 0) is 6.54 Å². The average Bonchev–Trinajstić information content (AvgIpc) is 2.34. The van der Waals surface area contributed by atoms with E-state index in [1.807, 2.05) is 6.07 Å². The summed E-state index contributed by atoms with van der Waals surface area (Å²) in [6.45, 7) is 9.17. The molecule has 5 heteroatoms. The van der Waals surface area contributed by atoms with Crippen molar-refractivity contribution in [3.8, 4) is 5.75 Å². The normalized spacial score (nSPS) is 13.1. The van der Waals surface area contributed by atoms with E-state index < -0.39 is 4.92 Å². The highest BCUT2D eigenvalue weighted by Gasteiger charge is 2.20. The molecule has 0 amide bonds. The molecule has 0 heterocycles. The first-order valence-corrected chi connectivity index (χ1v) is 6.30. The molecule has 1 aromatic rings. The van der Waals surface area contributed by atoms with Crippen molar-refractivity contribution in [3.05, 3.63) is 33.9 Å². The van der Waals surface area contributed by atoms with Crippen molar-refractivity contribution in [3.63, 3.8) is 0 Å². The molecule has 0 aliphatic rings. The SMILES string of the molecule is COc1ccc(CNC(C)C(C)(C)C)cc1[N+](=O)[O-]. The summed E-state index contributed by atoms with van der Waals surface area (Å²) in [7, 11) is 1.43. The second-order valence-corrected chi connectivity index (χ2v) is 5.73. The number of hydrogen-bond donors (Lipinski definition) is 1. The largest absolute Gasteiger partial charge is 0.490 e. The fourth-order valence-corrected chi connectivity index (χ4v) is 1.57. The lowest BCUT2D eigenvalue weighted by Gasteiger charge is -2.28. The van der Waals surface area contributed by atoms with Crippen LogP contribution in [0.25, 0.3) is 0 Å². The zero-order valence-corrected chi connectivity index (χ0v) is 12.2. The number of benzene rings is 1. The number of hydrogen-bond acceptors (Lipinski definition) is 4. The highest BCUT2D eigenvalue weighted by Crippen LogP contribution is 2.27. The van der Waals surface area contributed by atoms with Crippen LogP contribution in [-0.4, -0.2) is 18.1 Å². The second kappa shape index (κ2) is 6.02. The fourth-order valence-electron chi connectivity index (χ4n) is 1.57. The molecule has 0 bridgehead atoms. The van der Waals surface area contributed by atoms with Crippen molar-refractivity contribution in [2.24, 2.45) is 5.41 Å². The number of methoxy groups -OCH3 is 1. The predicted molar refractivity (Wildman–Crippen MR) is 75.4 cm³/mol. The van der Waals surface area contributed by atoms with Gasteiger partial charge in [-0.3, -0.25) is 10.1 Å². The fraction of sp³-hybridized carbons (Fsp3) is 0.571. The molecule has 0 aromatic heterocycles. The van der Waals surface area contributed by atoms with Gasteiger partial charge >= 0.3 is 5.69 Å². The Morgan fingerprint density at radius 2 is 2.05 bits per heavy atom. The van der Waals surface area contributed by atoms with Crippen LogP contribution < -0.4 is 10.1 Å². The zero-order chi connectivity index (χ0) is 14.6. The van der Waals surface area contributed by atoms with Crippen molar-refractivity contribution >= 4 is 5.69 Å². The molecular formula is C14H22N2O3. The molecule has 5 nitrogen and oxygen atoms in total. The quantitative estimate of drug-likeness (QED) is 0.657. The molecule has 1 unspecified atom stereocenters. The summed E-state index contributed by atoms with van der Waals surface area (Å²) in [6, 6.07) is 5.35. The van der Waals surface area contributed by atoms with E-state index in [0.29, 0.717) is 12.6 Å². The van der Waals surface area contributed by atoms with Gasteiger partial charge in [-0.2, -0.15) is 0 Å². The molecule has 0 fully saturated rings. The number of nitro groups is 1. The number of nitrogens with zero attached hydrogens (tertiary/aromatic N) is 1. The van der Waals surface area contributed by atoms with Gasteiger partial charge in [-0.25, -0.2) is 0 Å². The maximum Gasteiger partial charge on any atom is 0.311 e. The van der Waals surface area contributed by atoms with Crippen molar-refractivity contribution in [2.75, 3.05) is 7.11 Å². The van der Waals surface area contributed by atoms with E-state index in [4.69, 9.17) is 4.74 Å². The van der Waals surface area contributed by atoms with Crippen LogP contribution in [0.3, 0.4) is 0 Å². The Hall–Kier alpha value is -1.62. The van der Waals surface area contributed by atoms with E-state index in [2.05, 4.69) is 33.0 Å². The highest BCUT2D eigenvalue weighted by atomic mass is 16.6. The van der Waals surface area contributed by atoms with Gasteiger partial charge in [0.25, 0.3) is 0 Å². The molecule has 0 spiro atoms. The molecular weight excluding hydrogens is 244 g/mol. The third-order valence-corrected chi connectivity index (χ3v) is 3.35. The standard InChI is InChI=1S/C14H22N2O3/c1-10(14(2,3)4)15-9-11-6-7-13(19-5)12(8-11)16(17)18/h6-8,10,15H,9H2,1-5H3. The van der Waals surface area contributed by atoms with Crippen molar-refractivity contribution < 1.29 is 9.66 Å². The smallest absolute Gasteiger partial charge is 0.311 e. The molecule has 1 atom stereocenters. The van der Waals surface area contributed by atoms with Crippen LogP contribution in [0.15, 0.2) is 18.2 Å². The van der Waals surface area contributed by atoms with Gasteiger partial charge in [-0.1, -0.05) is 26.8 Å². The molecule has 1 aromatic carbocycles. The van der Waals surface area contributed by atoms with Crippen LogP contribution in [0.1, 0.15) is 33.3 Å². The van der Waals surface area contributed by atoms with Gasteiger partial charge in [-0.15, -0.1) is 0 Å². The molecule has 1 rings (SSSR count). The minimum absolute atomic E-state index is 0.00483. The lowest BCUT2D eigenvalue weighted by molar-refractivity contribution is -0.385. The van der Waals surface area contributed by atoms with E-state index in [-0.39, 0.29) is 16.9 Å². The summed E-state index contributed by atoms with van der Waals surface area (Å²) in [4.78, 5) is 10.5. The first-order valence-electron chi connectivity index (χ1n) is 6.30. The Labute approximate surface area is 114 Å². The lowest BCUT2D eigenvalue weighted by atomic mass is 9.88. The summed E-state index contributed by atoms with van der Waals surface area (Å²) in [5.41, 5.74) is 1.03. The summed E-state index contributed by atoms with van der Waals surface area (Å²) in [6.07, 6.45) is 0. The van der Waals surface area contributed by atoms with E-state index in [0.717, 1.165) is 5.56 Å². The summed E-state index contributed by atoms with van der Waals surface area (Å²) in [5, 5.41) is 14.3. The topological polar surface area (TPSA) is 64.4 Å². The molecule has 106 valence electrons. The van der Waals surface area contributed by atoms with Gasteiger partial charge in [0.1, 0.15) is 0 Å². The maximum atomic E-state index is 10.9. The monoisotopic (exact) mass is 266 g/mol. The average molecular weight is 266 g/mol. The third-order valence-electron chi connectivity index (χ3n) is 3.35. The van der Waals surface area contributed by atoms with Crippen LogP contribution in [0.4, 0.5) is 5.69 Å². The molecule has 0 saturated carbocycles. The van der Waals surface area contributed by atoms with Crippen molar-refractivity contribution in [2.45, 2.75) is 40.3 Å². The van der Waals surface area contributed by atoms with E-state index in [1.54, 1.807) is 12.1 Å². The Bertz CT molecular complexity index is 452. The van der Waals surface area contributed by atoms with Crippen LogP contribution >= 0.6 is 0 Å². The molecule has 0 aliphatic carbocycles. The minimum Gasteiger partial charge on any atom is -0.490 e. The molecule has 0 aliphatic heterocycles. The van der Waals surface area contributed by atoms with Crippen LogP contribution in [0.5, 0.6) is 5.75 Å². The van der Waals surface area contributed by atoms with Gasteiger partial charge in [0.05, 0.1) is 12.0 Å². The molecule has 0 radical (unpaired) electrons. The highest BCUT2D eigenvalue weighted by molar-refractivity contribution is 5.48. The van der Waals surface area contributed by atoms with Gasteiger partial charge in [0.2, 0.25) is 0 Å². The van der Waals surface area contributed by atoms with E-state index >= 15 is 0 Å². The Balaban J connectivity index is 2.81. The van der Waals surface area contributed by atoms with Crippen LogP contribution in [0.2, 0.25) is 0 Å². The Kier molecular flexibility index (Phi) is 4.89. The number of nitrogens with one attached hydrogen (secondary N) is 1. The number of rotatable bonds is 5. The van der Waals surface area contributed by atoms with Gasteiger partial charge < -0.3 is 10.1 Å². The van der Waals surface area contributed by atoms with Gasteiger partial charge in [0.15, 0.2) is 5.75 Å². The van der Waals surface area contributed by atoms with Crippen molar-refractivity contribution in [1.82, 2.24) is 5.32 Å². The third kappa shape index (κ3) is 4.21. The number of ether oxygens (including phenoxy) is 1. The zero-order valence-electron chi connectivity index (χ0n) is 12.2. The molecule has 19 heavy (non-hydrogen) atoms. The van der Waals surface area contributed by atoms with Gasteiger partial charge in [-0.05, 0) is 24.0 Å². The predicted octanol–water partition coefficient (Wildman–Crippen LogP) is 3.13. The summed E-state index contributed by atoms with van der Waals surface area (Å²) >= 11 is 0. The Morgan fingerprint density at radius 1 is 1.42 bits per heavy atom. The maximum absolute atomic E-state index is 10.9. The lowest BCUT2D eigenvalue weighted by Crippen LogP contribution is -2.37. The summed E-state index contributed by atoms with van der Waals surface area (Å²) < 4.78 is 4.98. The Morgan fingerprint density at radius 3 is 2.53 bits per heavy atom. The number of nitro benzene ring substituents is 1. The summed E-state index contributed by atoms with van der Waals surface area (Å²) in [5.74, 6) is 0.289. The first kappa shape index (κ1) is 15.4. The van der Waals surface area contributed by atoms with Gasteiger partial charge in [0, 0.05) is 18.7 Å². The molecule has 0 saturated heterocycles. The van der Waals surface area contributed by atoms with E-state index in [1.165, 1.54) is 7.11 Å². The van der Waals surface area contributed by atoms with E-state index in [9.17, 15) is 10.1 Å².